The number of benzene rings is 2. The van der Waals surface area contributed by atoms with Crippen molar-refractivity contribution in [3.63, 3.8) is 0 Å². The number of hydrogen-bond acceptors (Lipinski definition) is 5. The van der Waals surface area contributed by atoms with E-state index in [1.54, 1.807) is 29.9 Å². The van der Waals surface area contributed by atoms with Crippen molar-refractivity contribution < 1.29 is 19.4 Å². The van der Waals surface area contributed by atoms with Gasteiger partial charge in [0.25, 0.3) is 5.56 Å². The summed E-state index contributed by atoms with van der Waals surface area (Å²) < 4.78 is 6.83. The molecule has 3 aromatic rings. The molecule has 30 heavy (non-hydrogen) atoms. The van der Waals surface area contributed by atoms with Crippen LogP contribution < -0.4 is 15.6 Å². The summed E-state index contributed by atoms with van der Waals surface area (Å²) in [6.07, 6.45) is 2.05. The number of anilines is 1. The summed E-state index contributed by atoms with van der Waals surface area (Å²) >= 11 is 0. The van der Waals surface area contributed by atoms with Crippen LogP contribution in [-0.4, -0.2) is 33.6 Å². The van der Waals surface area contributed by atoms with E-state index in [0.29, 0.717) is 35.4 Å². The molecule has 0 aliphatic carbocycles. The maximum atomic E-state index is 12.9. The monoisotopic (exact) mass is 405 g/mol. The van der Waals surface area contributed by atoms with Crippen molar-refractivity contribution in [2.24, 2.45) is 0 Å². The smallest absolute Gasteiger partial charge is 0.312 e. The second-order valence-corrected chi connectivity index (χ2v) is 6.94. The predicted octanol–water partition coefficient (Wildman–Crippen LogP) is 2.76. The van der Waals surface area contributed by atoms with E-state index >= 15 is 0 Å². The Kier molecular flexibility index (Phi) is 5.05. The molecule has 152 valence electrons. The summed E-state index contributed by atoms with van der Waals surface area (Å²) in [6, 6.07) is 12.4. The number of allylic oxidation sites excluding steroid dienone is 1. The molecule has 0 atom stereocenters. The zero-order chi connectivity index (χ0) is 21.3. The van der Waals surface area contributed by atoms with E-state index in [9.17, 15) is 14.4 Å². The summed E-state index contributed by atoms with van der Waals surface area (Å²) in [5.74, 6) is -0.491. The minimum absolute atomic E-state index is 0.142. The number of hydrogen-bond donors (Lipinski definition) is 2. The van der Waals surface area contributed by atoms with Gasteiger partial charge in [-0.25, -0.2) is 4.98 Å². The van der Waals surface area contributed by atoms with Gasteiger partial charge in [0.2, 0.25) is 5.91 Å². The molecule has 1 aliphatic heterocycles. The summed E-state index contributed by atoms with van der Waals surface area (Å²) in [5, 5.41) is 11.7. The van der Waals surface area contributed by atoms with Crippen LogP contribution in [0.25, 0.3) is 22.6 Å². The molecule has 0 bridgehead atoms. The fraction of sp³-hybridized carbons (Fsp3) is 0.182. The molecule has 0 unspecified atom stereocenters. The summed E-state index contributed by atoms with van der Waals surface area (Å²) in [4.78, 5) is 39.9. The van der Waals surface area contributed by atoms with Crippen molar-refractivity contribution in [2.45, 2.75) is 19.4 Å². The SMILES string of the molecule is COc1ccc(/C=C2\CCn3c2nc2cc(NC(=O)CC(=O)O)ccc2c3=O)cc1. The molecule has 1 aromatic heterocycles. The van der Waals surface area contributed by atoms with Crippen LogP contribution in [0.3, 0.4) is 0 Å². The van der Waals surface area contributed by atoms with Gasteiger partial charge in [-0.15, -0.1) is 0 Å². The number of amides is 1. The molecule has 4 rings (SSSR count). The number of aliphatic carboxylic acids is 1. The molecular formula is C22H19N3O5. The molecule has 2 N–H and O–H groups in total. The fourth-order valence-corrected chi connectivity index (χ4v) is 3.48. The van der Waals surface area contributed by atoms with Crippen LogP contribution in [0.1, 0.15) is 24.2 Å². The first kappa shape index (κ1) is 19.4. The maximum Gasteiger partial charge on any atom is 0.312 e. The van der Waals surface area contributed by atoms with E-state index in [1.165, 1.54) is 0 Å². The second kappa shape index (κ2) is 7.82. The van der Waals surface area contributed by atoms with E-state index in [0.717, 1.165) is 16.9 Å². The molecule has 1 amide bonds. The highest BCUT2D eigenvalue weighted by Gasteiger charge is 2.21. The number of rotatable bonds is 5. The van der Waals surface area contributed by atoms with E-state index in [1.807, 2.05) is 30.3 Å². The molecule has 1 aliphatic rings. The molecular weight excluding hydrogens is 386 g/mol. The van der Waals surface area contributed by atoms with Crippen LogP contribution in [0.5, 0.6) is 5.75 Å². The van der Waals surface area contributed by atoms with Gasteiger partial charge in [0.15, 0.2) is 0 Å². The molecule has 0 saturated heterocycles. The molecule has 2 aromatic carbocycles. The number of methoxy groups -OCH3 is 1. The number of fused-ring (bicyclic) bond motifs is 2. The Bertz CT molecular complexity index is 1240. The Morgan fingerprint density at radius 3 is 2.70 bits per heavy atom. The lowest BCUT2D eigenvalue weighted by molar-refractivity contribution is -0.139. The standard InChI is InChI=1S/C22H19N3O5/c1-30-16-5-2-13(3-6-16)10-14-8-9-25-21(14)24-18-11-15(4-7-17(18)22(25)29)23-19(26)12-20(27)28/h2-7,10-11H,8-9,12H2,1H3,(H,23,26)(H,27,28)/b14-10+. The van der Waals surface area contributed by atoms with Crippen molar-refractivity contribution in [1.82, 2.24) is 9.55 Å². The van der Waals surface area contributed by atoms with E-state index < -0.39 is 18.3 Å². The number of carbonyl (C=O) groups excluding carboxylic acids is 1. The topological polar surface area (TPSA) is 111 Å². The number of carboxylic acids is 1. The second-order valence-electron chi connectivity index (χ2n) is 6.94. The number of nitrogens with one attached hydrogen (secondary N) is 1. The average Bonchev–Trinajstić information content (AvgIpc) is 3.10. The Hall–Kier alpha value is -3.94. The number of aromatic nitrogens is 2. The number of carbonyl (C=O) groups is 2. The van der Waals surface area contributed by atoms with Gasteiger partial charge in [-0.3, -0.25) is 19.0 Å². The largest absolute Gasteiger partial charge is 0.497 e. The van der Waals surface area contributed by atoms with Crippen LogP contribution in [0.4, 0.5) is 5.69 Å². The van der Waals surface area contributed by atoms with Crippen molar-refractivity contribution in [1.29, 1.82) is 0 Å². The molecule has 8 heteroatoms. The maximum absolute atomic E-state index is 12.9. The average molecular weight is 405 g/mol. The number of nitrogens with zero attached hydrogens (tertiary/aromatic N) is 2. The van der Waals surface area contributed by atoms with E-state index in [4.69, 9.17) is 9.84 Å². The van der Waals surface area contributed by atoms with Gasteiger partial charge in [-0.1, -0.05) is 12.1 Å². The summed E-state index contributed by atoms with van der Waals surface area (Å²) in [7, 11) is 1.61. The van der Waals surface area contributed by atoms with Gasteiger partial charge in [0.1, 0.15) is 18.0 Å². The minimum atomic E-state index is -1.21. The minimum Gasteiger partial charge on any atom is -0.497 e. The van der Waals surface area contributed by atoms with Crippen molar-refractivity contribution >= 4 is 40.1 Å². The summed E-state index contributed by atoms with van der Waals surface area (Å²) in [5.41, 5.74) is 2.62. The summed E-state index contributed by atoms with van der Waals surface area (Å²) in [6.45, 7) is 0.552. The van der Waals surface area contributed by atoms with Crippen molar-refractivity contribution in [3.8, 4) is 5.75 Å². The van der Waals surface area contributed by atoms with Gasteiger partial charge < -0.3 is 15.2 Å². The Balaban J connectivity index is 1.71. The highest BCUT2D eigenvalue weighted by molar-refractivity contribution is 6.02. The van der Waals surface area contributed by atoms with Crippen LogP contribution in [0.15, 0.2) is 47.3 Å². The number of ether oxygens (including phenoxy) is 1. The van der Waals surface area contributed by atoms with Crippen LogP contribution >= 0.6 is 0 Å². The highest BCUT2D eigenvalue weighted by Crippen LogP contribution is 2.28. The molecule has 0 saturated carbocycles. The van der Waals surface area contributed by atoms with Crippen LogP contribution in [0, 0.1) is 0 Å². The molecule has 0 spiro atoms. The van der Waals surface area contributed by atoms with Gasteiger partial charge in [0, 0.05) is 12.2 Å². The van der Waals surface area contributed by atoms with Crippen molar-refractivity contribution in [3.05, 3.63) is 64.2 Å². The first-order valence-corrected chi connectivity index (χ1v) is 9.36. The third-order valence-corrected chi connectivity index (χ3v) is 4.90. The van der Waals surface area contributed by atoms with Crippen LogP contribution in [0.2, 0.25) is 0 Å². The fourth-order valence-electron chi connectivity index (χ4n) is 3.48. The number of carboxylic acid groups (broad SMARTS) is 1. The normalized spacial score (nSPS) is 14.0. The van der Waals surface area contributed by atoms with Gasteiger partial charge in [0.05, 0.1) is 18.0 Å². The third-order valence-electron chi connectivity index (χ3n) is 4.90. The lowest BCUT2D eigenvalue weighted by Crippen LogP contribution is -2.21. The van der Waals surface area contributed by atoms with Crippen LogP contribution in [-0.2, 0) is 16.1 Å². The quantitative estimate of drug-likeness (QED) is 0.632. The Morgan fingerprint density at radius 2 is 2.00 bits per heavy atom. The van der Waals surface area contributed by atoms with Crippen molar-refractivity contribution in [2.75, 3.05) is 12.4 Å². The Morgan fingerprint density at radius 1 is 1.23 bits per heavy atom. The van der Waals surface area contributed by atoms with E-state index in [2.05, 4.69) is 10.3 Å². The van der Waals surface area contributed by atoms with Gasteiger partial charge >= 0.3 is 5.97 Å². The van der Waals surface area contributed by atoms with Gasteiger partial charge in [-0.05, 0) is 54.0 Å². The Labute approximate surface area is 171 Å². The molecule has 0 fully saturated rings. The zero-order valence-electron chi connectivity index (χ0n) is 16.2. The first-order valence-electron chi connectivity index (χ1n) is 9.36. The molecule has 0 radical (unpaired) electrons. The third kappa shape index (κ3) is 3.80. The first-order chi connectivity index (χ1) is 14.4. The van der Waals surface area contributed by atoms with Gasteiger partial charge in [-0.2, -0.15) is 0 Å². The zero-order valence-corrected chi connectivity index (χ0v) is 16.2. The highest BCUT2D eigenvalue weighted by atomic mass is 16.5. The van der Waals surface area contributed by atoms with E-state index in [-0.39, 0.29) is 5.56 Å². The molecule has 2 heterocycles. The molecule has 8 nitrogen and oxygen atoms in total. The predicted molar refractivity (Wildman–Crippen MR) is 112 cm³/mol. The lowest BCUT2D eigenvalue weighted by Gasteiger charge is -2.08. The lowest BCUT2D eigenvalue weighted by atomic mass is 10.1.